The molecule has 0 atom stereocenters. The summed E-state index contributed by atoms with van der Waals surface area (Å²) in [6, 6.07) is 14.9. The van der Waals surface area contributed by atoms with Crippen molar-refractivity contribution in [3.05, 3.63) is 89.4 Å². The third kappa shape index (κ3) is 4.82. The Balaban J connectivity index is 1.35. The van der Waals surface area contributed by atoms with Crippen molar-refractivity contribution < 1.29 is 14.0 Å². The number of nitrogens with zero attached hydrogens (tertiary/aromatic N) is 6. The number of rotatable bonds is 6. The first kappa shape index (κ1) is 24.2. The molecule has 10 heteroatoms. The molecule has 1 N–H and O–H groups in total. The highest BCUT2D eigenvalue weighted by molar-refractivity contribution is 5.96. The second-order valence-electron chi connectivity index (χ2n) is 9.34. The van der Waals surface area contributed by atoms with Gasteiger partial charge in [-0.2, -0.15) is 0 Å². The van der Waals surface area contributed by atoms with Gasteiger partial charge in [-0.1, -0.05) is 24.3 Å². The van der Waals surface area contributed by atoms with E-state index < -0.39 is 0 Å². The average Bonchev–Trinajstić information content (AvgIpc) is 3.30. The molecule has 1 fully saturated rings. The fourth-order valence-electron chi connectivity index (χ4n) is 4.31. The predicted molar refractivity (Wildman–Crippen MR) is 135 cm³/mol. The topological polar surface area (TPSA) is 106 Å². The molecular formula is C27H26FN7O2. The molecule has 0 saturated heterocycles. The molecule has 37 heavy (non-hydrogen) atoms. The van der Waals surface area contributed by atoms with Crippen molar-refractivity contribution in [2.75, 3.05) is 14.1 Å². The number of carbonyl (C=O) groups excluding carboxylic acids is 2. The van der Waals surface area contributed by atoms with Crippen molar-refractivity contribution in [1.82, 2.24) is 34.9 Å². The van der Waals surface area contributed by atoms with Crippen molar-refractivity contribution >= 4 is 11.8 Å². The van der Waals surface area contributed by atoms with Gasteiger partial charge in [-0.15, -0.1) is 10.2 Å². The molecule has 1 saturated carbocycles. The number of halogens is 1. The van der Waals surface area contributed by atoms with E-state index in [0.717, 1.165) is 5.56 Å². The van der Waals surface area contributed by atoms with Gasteiger partial charge in [0.15, 0.2) is 5.82 Å². The van der Waals surface area contributed by atoms with Gasteiger partial charge in [0.1, 0.15) is 28.7 Å². The average molecular weight is 500 g/mol. The molecule has 0 unspecified atom stereocenters. The van der Waals surface area contributed by atoms with Gasteiger partial charge in [-0.05, 0) is 55.7 Å². The molecule has 0 bridgehead atoms. The molecule has 2 amide bonds. The molecule has 9 nitrogen and oxygen atoms in total. The van der Waals surface area contributed by atoms with E-state index in [1.54, 1.807) is 61.3 Å². The van der Waals surface area contributed by atoms with Gasteiger partial charge in [0.05, 0.1) is 5.69 Å². The lowest BCUT2D eigenvalue weighted by atomic mass is 9.79. The molecule has 1 aliphatic carbocycles. The van der Waals surface area contributed by atoms with Gasteiger partial charge in [-0.25, -0.2) is 9.37 Å². The lowest BCUT2D eigenvalue weighted by molar-refractivity contribution is 0.0821. The van der Waals surface area contributed by atoms with Crippen LogP contribution in [0, 0.1) is 12.7 Å². The number of carbonyl (C=O) groups is 2. The summed E-state index contributed by atoms with van der Waals surface area (Å²) in [7, 11) is 3.26. The maximum atomic E-state index is 14.9. The van der Waals surface area contributed by atoms with Gasteiger partial charge in [-0.3, -0.25) is 19.1 Å². The Morgan fingerprint density at radius 3 is 2.46 bits per heavy atom. The molecule has 188 valence electrons. The molecule has 0 spiro atoms. The Bertz CT molecular complexity index is 1460. The third-order valence-corrected chi connectivity index (χ3v) is 6.37. The van der Waals surface area contributed by atoms with Gasteiger partial charge < -0.3 is 10.2 Å². The number of nitrogens with one attached hydrogen (secondary N) is 1. The van der Waals surface area contributed by atoms with Crippen LogP contribution in [0.15, 0.2) is 60.8 Å². The van der Waals surface area contributed by atoms with E-state index in [1.807, 2.05) is 19.1 Å². The predicted octanol–water partition coefficient (Wildman–Crippen LogP) is 3.55. The van der Waals surface area contributed by atoms with E-state index in [4.69, 9.17) is 0 Å². The van der Waals surface area contributed by atoms with Gasteiger partial charge >= 0.3 is 0 Å². The molecule has 0 aliphatic heterocycles. The minimum Gasteiger partial charge on any atom is -0.348 e. The smallest absolute Gasteiger partial charge is 0.271 e. The summed E-state index contributed by atoms with van der Waals surface area (Å²) in [5.74, 6) is 0.0241. The van der Waals surface area contributed by atoms with E-state index in [0.29, 0.717) is 35.9 Å². The van der Waals surface area contributed by atoms with E-state index in [9.17, 15) is 14.0 Å². The normalized spacial score (nSPS) is 16.6. The molecule has 3 aromatic heterocycles. The highest BCUT2D eigenvalue weighted by Crippen LogP contribution is 2.38. The summed E-state index contributed by atoms with van der Waals surface area (Å²) in [5, 5.41) is 11.7. The third-order valence-electron chi connectivity index (χ3n) is 6.37. The number of amides is 2. The van der Waals surface area contributed by atoms with Crippen LogP contribution in [0.4, 0.5) is 4.39 Å². The largest absolute Gasteiger partial charge is 0.348 e. The van der Waals surface area contributed by atoms with E-state index in [2.05, 4.69) is 25.5 Å². The summed E-state index contributed by atoms with van der Waals surface area (Å²) in [6.07, 6.45) is 2.95. The summed E-state index contributed by atoms with van der Waals surface area (Å²) in [4.78, 5) is 35.1. The van der Waals surface area contributed by atoms with Crippen LogP contribution in [0.5, 0.6) is 0 Å². The molecule has 1 aromatic carbocycles. The van der Waals surface area contributed by atoms with Crippen LogP contribution in [-0.4, -0.2) is 61.6 Å². The number of pyridine rings is 2. The number of hydrogen-bond donors (Lipinski definition) is 1. The number of benzene rings is 1. The number of aromatic nitrogens is 5. The van der Waals surface area contributed by atoms with Crippen molar-refractivity contribution in [2.45, 2.75) is 31.7 Å². The summed E-state index contributed by atoms with van der Waals surface area (Å²) in [5.41, 5.74) is 2.33. The molecule has 1 aliphatic rings. The van der Waals surface area contributed by atoms with Crippen molar-refractivity contribution in [1.29, 1.82) is 0 Å². The molecule has 5 rings (SSSR count). The van der Waals surface area contributed by atoms with Crippen LogP contribution in [0.1, 0.15) is 51.1 Å². The molecule has 4 aromatic rings. The Morgan fingerprint density at radius 2 is 1.76 bits per heavy atom. The fourth-order valence-corrected chi connectivity index (χ4v) is 4.31. The zero-order chi connectivity index (χ0) is 26.1. The number of para-hydroxylation sites is 1. The maximum Gasteiger partial charge on any atom is 0.271 e. The molecule has 0 radical (unpaired) electrons. The second kappa shape index (κ2) is 9.88. The van der Waals surface area contributed by atoms with Crippen LogP contribution in [-0.2, 0) is 0 Å². The Kier molecular flexibility index (Phi) is 6.47. The highest BCUT2D eigenvalue weighted by atomic mass is 19.1. The summed E-state index contributed by atoms with van der Waals surface area (Å²) >= 11 is 0. The number of hydrogen-bond acceptors (Lipinski definition) is 6. The number of aryl methyl sites for hydroxylation is 1. The summed E-state index contributed by atoms with van der Waals surface area (Å²) in [6.45, 7) is 1.94. The van der Waals surface area contributed by atoms with Crippen molar-refractivity contribution in [3.8, 4) is 17.2 Å². The molecule has 3 heterocycles. The van der Waals surface area contributed by atoms with Gasteiger partial charge in [0, 0.05) is 32.3 Å². The molecular weight excluding hydrogens is 473 g/mol. The minimum absolute atomic E-state index is 0.0359. The lowest BCUT2D eigenvalue weighted by Crippen LogP contribution is -2.44. The van der Waals surface area contributed by atoms with Crippen molar-refractivity contribution in [2.24, 2.45) is 0 Å². The minimum atomic E-state index is -0.390. The highest BCUT2D eigenvalue weighted by Gasteiger charge is 2.36. The van der Waals surface area contributed by atoms with E-state index in [1.165, 1.54) is 11.0 Å². The summed E-state index contributed by atoms with van der Waals surface area (Å²) < 4.78 is 16.6. The second-order valence-corrected chi connectivity index (χ2v) is 9.34. The van der Waals surface area contributed by atoms with Gasteiger partial charge in [0.2, 0.25) is 0 Å². The fraction of sp³-hybridized carbons (Fsp3) is 0.259. The standard InChI is InChI=1S/C27H26FN7O2/c1-16-11-12-20(29-15-16)25-33-32-24(35(25)23-10-5-4-7-19(23)28)17-13-18(14-17)30-26(36)21-8-6-9-22(31-21)27(37)34(2)3/h4-12,15,17-18H,13-14H2,1-3H3,(H,30,36). The quantitative estimate of drug-likeness (QED) is 0.435. The lowest BCUT2D eigenvalue weighted by Gasteiger charge is -2.35. The maximum absolute atomic E-state index is 14.9. The van der Waals surface area contributed by atoms with Crippen LogP contribution < -0.4 is 5.32 Å². The van der Waals surface area contributed by atoms with E-state index in [-0.39, 0.29) is 41.0 Å². The Labute approximate surface area is 213 Å². The SMILES string of the molecule is Cc1ccc(-c2nnc(C3CC(NC(=O)c4cccc(C(=O)N(C)C)n4)C3)n2-c2ccccc2F)nc1. The van der Waals surface area contributed by atoms with Crippen LogP contribution >= 0.6 is 0 Å². The van der Waals surface area contributed by atoms with Crippen molar-refractivity contribution in [3.63, 3.8) is 0 Å². The first-order valence-corrected chi connectivity index (χ1v) is 11.9. The van der Waals surface area contributed by atoms with Crippen LogP contribution in [0.2, 0.25) is 0 Å². The zero-order valence-corrected chi connectivity index (χ0v) is 20.7. The van der Waals surface area contributed by atoms with Crippen LogP contribution in [0.25, 0.3) is 17.2 Å². The van der Waals surface area contributed by atoms with E-state index >= 15 is 0 Å². The Morgan fingerprint density at radius 1 is 1.00 bits per heavy atom. The Hall–Kier alpha value is -4.47. The van der Waals surface area contributed by atoms with Gasteiger partial charge in [0.25, 0.3) is 11.8 Å². The monoisotopic (exact) mass is 499 g/mol. The first-order valence-electron chi connectivity index (χ1n) is 11.9. The zero-order valence-electron chi connectivity index (χ0n) is 20.7. The van der Waals surface area contributed by atoms with Crippen LogP contribution in [0.3, 0.4) is 0 Å². The first-order chi connectivity index (χ1) is 17.8.